The van der Waals surface area contributed by atoms with Crippen LogP contribution in [0.3, 0.4) is 0 Å². The number of hydrogen-bond donors (Lipinski definition) is 2. The molecule has 4 aromatic rings. The van der Waals surface area contributed by atoms with Gasteiger partial charge in [0.1, 0.15) is 0 Å². The summed E-state index contributed by atoms with van der Waals surface area (Å²) in [6.45, 7) is 0. The summed E-state index contributed by atoms with van der Waals surface area (Å²) in [6, 6.07) is 19.0. The molecule has 0 aliphatic carbocycles. The number of rotatable bonds is 5. The summed E-state index contributed by atoms with van der Waals surface area (Å²) in [5, 5.41) is 8.41. The fraction of sp³-hybridized carbons (Fsp3) is 0. The van der Waals surface area contributed by atoms with E-state index in [1.807, 2.05) is 72.8 Å². The number of aromatic amines is 1. The van der Waals surface area contributed by atoms with Crippen molar-refractivity contribution in [1.29, 1.82) is 0 Å². The van der Waals surface area contributed by atoms with Crippen LogP contribution in [0.5, 0.6) is 0 Å². The minimum Gasteiger partial charge on any atom is -0.398 e. The molecular formula is C23H18N4O. The van der Waals surface area contributed by atoms with Crippen LogP contribution in [0, 0.1) is 0 Å². The second-order valence-corrected chi connectivity index (χ2v) is 6.31. The third-order valence-corrected chi connectivity index (χ3v) is 4.44. The predicted molar refractivity (Wildman–Crippen MR) is 114 cm³/mol. The first kappa shape index (κ1) is 17.4. The number of pyridine rings is 1. The van der Waals surface area contributed by atoms with E-state index in [1.165, 1.54) is 0 Å². The lowest BCUT2D eigenvalue weighted by Gasteiger charge is -2.05. The molecule has 0 bridgehead atoms. The van der Waals surface area contributed by atoms with Crippen LogP contribution in [0.2, 0.25) is 0 Å². The van der Waals surface area contributed by atoms with Gasteiger partial charge in [-0.05, 0) is 54.1 Å². The quantitative estimate of drug-likeness (QED) is 0.236. The van der Waals surface area contributed by atoms with E-state index in [9.17, 15) is 4.79 Å². The van der Waals surface area contributed by atoms with Crippen molar-refractivity contribution < 1.29 is 4.79 Å². The molecule has 2 aromatic heterocycles. The summed E-state index contributed by atoms with van der Waals surface area (Å²) in [5.41, 5.74) is 11.3. The van der Waals surface area contributed by atoms with Gasteiger partial charge in [-0.2, -0.15) is 5.10 Å². The normalized spacial score (nSPS) is 11.9. The molecule has 28 heavy (non-hydrogen) atoms. The van der Waals surface area contributed by atoms with Gasteiger partial charge >= 0.3 is 0 Å². The molecule has 0 saturated carbocycles. The molecule has 0 radical (unpaired) electrons. The number of aromatic nitrogens is 3. The maximum Gasteiger partial charge on any atom is 0.150 e. The van der Waals surface area contributed by atoms with Gasteiger partial charge in [0, 0.05) is 28.4 Å². The molecule has 0 spiro atoms. The molecule has 0 amide bonds. The van der Waals surface area contributed by atoms with E-state index in [4.69, 9.17) is 5.73 Å². The van der Waals surface area contributed by atoms with Gasteiger partial charge in [-0.1, -0.05) is 30.3 Å². The largest absolute Gasteiger partial charge is 0.398 e. The van der Waals surface area contributed by atoms with Crippen molar-refractivity contribution in [2.75, 3.05) is 5.73 Å². The van der Waals surface area contributed by atoms with Gasteiger partial charge in [-0.3, -0.25) is 14.9 Å². The molecule has 0 unspecified atom stereocenters. The third-order valence-electron chi connectivity index (χ3n) is 4.44. The number of carbonyl (C=O) groups is 1. The van der Waals surface area contributed by atoms with Crippen LogP contribution in [0.15, 0.2) is 66.9 Å². The Bertz CT molecular complexity index is 1190. The fourth-order valence-corrected chi connectivity index (χ4v) is 3.03. The van der Waals surface area contributed by atoms with E-state index >= 15 is 0 Å². The van der Waals surface area contributed by atoms with Crippen molar-refractivity contribution in [2.45, 2.75) is 0 Å². The second-order valence-electron chi connectivity index (χ2n) is 6.31. The minimum absolute atomic E-state index is 0.534. The molecule has 0 fully saturated rings. The van der Waals surface area contributed by atoms with Gasteiger partial charge in [0.2, 0.25) is 0 Å². The lowest BCUT2D eigenvalue weighted by Crippen LogP contribution is -1.94. The Morgan fingerprint density at radius 1 is 1.00 bits per heavy atom. The van der Waals surface area contributed by atoms with Gasteiger partial charge in [-0.25, -0.2) is 0 Å². The molecule has 2 aromatic carbocycles. The number of aldehydes is 1. The Kier molecular flexibility index (Phi) is 4.80. The van der Waals surface area contributed by atoms with E-state index in [-0.39, 0.29) is 0 Å². The summed E-state index contributed by atoms with van der Waals surface area (Å²) in [6.07, 6.45) is 8.25. The van der Waals surface area contributed by atoms with Crippen LogP contribution in [-0.2, 0) is 4.79 Å². The predicted octanol–water partition coefficient (Wildman–Crippen LogP) is 4.45. The number of nitrogens with two attached hydrogens (primary N) is 1. The van der Waals surface area contributed by atoms with Crippen molar-refractivity contribution in [3.05, 3.63) is 89.4 Å². The summed E-state index contributed by atoms with van der Waals surface area (Å²) >= 11 is 0. The molecule has 0 aliphatic heterocycles. The van der Waals surface area contributed by atoms with Crippen LogP contribution in [-0.4, -0.2) is 21.5 Å². The monoisotopic (exact) mass is 366 g/mol. The van der Waals surface area contributed by atoms with Crippen molar-refractivity contribution in [2.24, 2.45) is 0 Å². The smallest absolute Gasteiger partial charge is 0.150 e. The molecule has 0 saturated heterocycles. The SMILES string of the molecule is Nc1ccccc1C(C=O)=Cc1ccc2c(/C=C/c3ccccn3)n[nH]c2c1. The van der Waals surface area contributed by atoms with E-state index in [1.54, 1.807) is 12.3 Å². The third kappa shape index (κ3) is 3.59. The Morgan fingerprint density at radius 3 is 2.64 bits per heavy atom. The first-order valence-electron chi connectivity index (χ1n) is 8.83. The Morgan fingerprint density at radius 2 is 1.86 bits per heavy atom. The molecule has 5 heteroatoms. The van der Waals surface area contributed by atoms with Crippen molar-refractivity contribution in [1.82, 2.24) is 15.2 Å². The van der Waals surface area contributed by atoms with E-state index in [0.717, 1.165) is 39.7 Å². The van der Waals surface area contributed by atoms with Crippen LogP contribution in [0.1, 0.15) is 22.5 Å². The number of nitrogens with one attached hydrogen (secondary N) is 1. The van der Waals surface area contributed by atoms with Crippen LogP contribution in [0.4, 0.5) is 5.69 Å². The summed E-state index contributed by atoms with van der Waals surface area (Å²) in [5.74, 6) is 0. The standard InChI is InChI=1S/C23H18N4O/c24-21-7-2-1-6-19(21)17(15-28)13-16-8-10-20-22(26-27-23(20)14-16)11-9-18-5-3-4-12-25-18/h1-15H,24H2,(H,26,27)/b11-9+,17-13?. The zero-order chi connectivity index (χ0) is 19.3. The molecule has 4 rings (SSSR count). The van der Waals surface area contributed by atoms with Gasteiger partial charge in [-0.15, -0.1) is 0 Å². The molecule has 5 nitrogen and oxygen atoms in total. The number of allylic oxidation sites excluding steroid dienone is 1. The number of nitrogens with zero attached hydrogens (tertiary/aromatic N) is 2. The minimum atomic E-state index is 0.534. The summed E-state index contributed by atoms with van der Waals surface area (Å²) < 4.78 is 0. The van der Waals surface area contributed by atoms with Crippen LogP contribution < -0.4 is 5.73 Å². The Hall–Kier alpha value is -3.99. The van der Waals surface area contributed by atoms with Gasteiger partial charge < -0.3 is 5.73 Å². The zero-order valence-corrected chi connectivity index (χ0v) is 15.0. The van der Waals surface area contributed by atoms with Crippen LogP contribution >= 0.6 is 0 Å². The van der Waals surface area contributed by atoms with E-state index < -0.39 is 0 Å². The van der Waals surface area contributed by atoms with Crippen molar-refractivity contribution >= 4 is 46.7 Å². The lowest BCUT2D eigenvalue weighted by molar-refractivity contribution is -0.103. The van der Waals surface area contributed by atoms with Crippen molar-refractivity contribution in [3.63, 3.8) is 0 Å². The van der Waals surface area contributed by atoms with E-state index in [0.29, 0.717) is 11.3 Å². The highest BCUT2D eigenvalue weighted by atomic mass is 16.1. The van der Waals surface area contributed by atoms with Gasteiger partial charge in [0.15, 0.2) is 6.29 Å². The Labute approximate surface area is 162 Å². The van der Waals surface area contributed by atoms with Crippen LogP contribution in [0.25, 0.3) is 34.7 Å². The number of para-hydroxylation sites is 1. The molecule has 3 N–H and O–H groups in total. The maximum atomic E-state index is 11.6. The number of H-pyrrole nitrogens is 1. The second kappa shape index (κ2) is 7.72. The van der Waals surface area contributed by atoms with E-state index in [2.05, 4.69) is 15.2 Å². The fourth-order valence-electron chi connectivity index (χ4n) is 3.03. The van der Waals surface area contributed by atoms with Gasteiger partial charge in [0.25, 0.3) is 0 Å². The Balaban J connectivity index is 1.67. The number of nitrogen functional groups attached to an aromatic ring is 1. The first-order chi connectivity index (χ1) is 13.7. The first-order valence-corrected chi connectivity index (χ1v) is 8.83. The molecular weight excluding hydrogens is 348 g/mol. The van der Waals surface area contributed by atoms with Gasteiger partial charge in [0.05, 0.1) is 16.9 Å². The number of benzene rings is 2. The maximum absolute atomic E-state index is 11.6. The summed E-state index contributed by atoms with van der Waals surface area (Å²) in [7, 11) is 0. The average Bonchev–Trinajstić information content (AvgIpc) is 3.14. The highest BCUT2D eigenvalue weighted by Gasteiger charge is 2.07. The highest BCUT2D eigenvalue weighted by molar-refractivity contribution is 6.15. The topological polar surface area (TPSA) is 84.7 Å². The molecule has 0 atom stereocenters. The number of hydrogen-bond acceptors (Lipinski definition) is 4. The highest BCUT2D eigenvalue weighted by Crippen LogP contribution is 2.25. The number of fused-ring (bicyclic) bond motifs is 1. The van der Waals surface area contributed by atoms with Crippen molar-refractivity contribution in [3.8, 4) is 0 Å². The molecule has 2 heterocycles. The number of carbonyl (C=O) groups excluding carboxylic acids is 1. The number of anilines is 1. The molecule has 0 aliphatic rings. The average molecular weight is 366 g/mol. The summed E-state index contributed by atoms with van der Waals surface area (Å²) in [4.78, 5) is 15.9. The lowest BCUT2D eigenvalue weighted by atomic mass is 10.0. The molecule has 136 valence electrons. The zero-order valence-electron chi connectivity index (χ0n) is 15.0.